The van der Waals surface area contributed by atoms with Crippen molar-refractivity contribution in [1.82, 2.24) is 9.78 Å². The Labute approximate surface area is 187 Å². The Morgan fingerprint density at radius 2 is 1.83 bits per heavy atom. The predicted molar refractivity (Wildman–Crippen MR) is 118 cm³/mol. The number of allylic oxidation sites excluding steroid dienone is 1. The summed E-state index contributed by atoms with van der Waals surface area (Å²) in [4.78, 5) is 12.3. The van der Waals surface area contributed by atoms with Gasteiger partial charge in [0.1, 0.15) is 16.8 Å². The molecule has 160 valence electrons. The third-order valence-corrected chi connectivity index (χ3v) is 4.96. The van der Waals surface area contributed by atoms with Crippen LogP contribution in [0, 0.1) is 17.2 Å². The molecule has 1 aromatic carbocycles. The van der Waals surface area contributed by atoms with Crippen molar-refractivity contribution < 1.29 is 14.3 Å². The summed E-state index contributed by atoms with van der Waals surface area (Å²) in [6.45, 7) is 10.3. The maximum Gasteiger partial charge on any atom is 0.513 e. The first kappa shape index (κ1) is 23.8. The van der Waals surface area contributed by atoms with Crippen molar-refractivity contribution in [3.05, 3.63) is 51.3 Å². The van der Waals surface area contributed by atoms with Gasteiger partial charge in [0.05, 0.1) is 12.2 Å². The molecule has 0 radical (unpaired) electrons. The van der Waals surface area contributed by atoms with Gasteiger partial charge < -0.3 is 9.47 Å². The zero-order chi connectivity index (χ0) is 22.6. The van der Waals surface area contributed by atoms with E-state index < -0.39 is 6.16 Å². The van der Waals surface area contributed by atoms with Gasteiger partial charge in [0.25, 0.3) is 0 Å². The second-order valence-electron chi connectivity index (χ2n) is 8.28. The van der Waals surface area contributed by atoms with Crippen molar-refractivity contribution in [1.29, 1.82) is 5.26 Å². The first-order valence-electron chi connectivity index (χ1n) is 9.44. The number of benzene rings is 1. The predicted octanol–water partition coefficient (Wildman–Crippen LogP) is 6.23. The molecule has 0 amide bonds. The first-order chi connectivity index (χ1) is 14.0. The number of ether oxygens (including phenoxy) is 2. The van der Waals surface area contributed by atoms with E-state index in [2.05, 4.69) is 31.9 Å². The third kappa shape index (κ3) is 5.56. The molecule has 1 aromatic heterocycles. The third-order valence-electron chi connectivity index (χ3n) is 4.26. The Bertz CT molecular complexity index is 994. The lowest BCUT2D eigenvalue weighted by atomic mass is 9.86. The molecule has 0 unspecified atom stereocenters. The molecule has 0 aliphatic carbocycles. The molecule has 0 aliphatic heterocycles. The molecule has 1 heterocycles. The van der Waals surface area contributed by atoms with Gasteiger partial charge in [-0.25, -0.2) is 4.79 Å². The number of aromatic nitrogens is 2. The van der Waals surface area contributed by atoms with Crippen LogP contribution in [0.3, 0.4) is 0 Å². The molecule has 30 heavy (non-hydrogen) atoms. The summed E-state index contributed by atoms with van der Waals surface area (Å²) in [7, 11) is 1.59. The standard InChI is InChI=1S/C22H25Cl2N3O3/c1-13(2)12-29-21(28)30-18(17-19(23)26-27(6)20(17)24)16(11-25)14-7-9-15(10-8-14)22(3,4)5/h7-10,13H,12H2,1-6H3/b18-16-. The zero-order valence-corrected chi connectivity index (χ0v) is 19.4. The van der Waals surface area contributed by atoms with Crippen molar-refractivity contribution in [2.45, 2.75) is 40.0 Å². The number of carbonyl (C=O) groups is 1. The summed E-state index contributed by atoms with van der Waals surface area (Å²) in [6.07, 6.45) is -0.950. The number of nitriles is 1. The Morgan fingerprint density at radius 3 is 2.27 bits per heavy atom. The number of hydrogen-bond acceptors (Lipinski definition) is 5. The number of nitrogens with zero attached hydrogens (tertiary/aromatic N) is 3. The largest absolute Gasteiger partial charge is 0.513 e. The van der Waals surface area contributed by atoms with E-state index in [9.17, 15) is 10.1 Å². The van der Waals surface area contributed by atoms with Crippen molar-refractivity contribution >= 4 is 40.7 Å². The molecule has 0 saturated heterocycles. The summed E-state index contributed by atoms with van der Waals surface area (Å²) in [6, 6.07) is 9.53. The van der Waals surface area contributed by atoms with Crippen LogP contribution in [0.25, 0.3) is 11.3 Å². The topological polar surface area (TPSA) is 77.1 Å². The fourth-order valence-electron chi connectivity index (χ4n) is 2.62. The fourth-order valence-corrected chi connectivity index (χ4v) is 3.17. The van der Waals surface area contributed by atoms with Gasteiger partial charge in [-0.05, 0) is 22.5 Å². The molecule has 0 saturated carbocycles. The normalized spacial score (nSPS) is 12.4. The SMILES string of the molecule is CC(C)COC(=O)O/C(=C(/C#N)c1ccc(C(C)(C)C)cc1)c1c(Cl)nn(C)c1Cl. The highest BCUT2D eigenvalue weighted by Gasteiger charge is 2.26. The van der Waals surface area contributed by atoms with E-state index in [0.29, 0.717) is 5.56 Å². The molecular weight excluding hydrogens is 425 g/mol. The lowest BCUT2D eigenvalue weighted by Gasteiger charge is -2.19. The van der Waals surface area contributed by atoms with Crippen LogP contribution in [0.4, 0.5) is 4.79 Å². The molecule has 8 heteroatoms. The van der Waals surface area contributed by atoms with Gasteiger partial charge >= 0.3 is 6.16 Å². The number of halogens is 2. The fraction of sp³-hybridized carbons (Fsp3) is 0.409. The molecule has 2 rings (SSSR count). The first-order valence-corrected chi connectivity index (χ1v) is 10.2. The van der Waals surface area contributed by atoms with Crippen LogP contribution in [0.15, 0.2) is 24.3 Å². The molecule has 0 N–H and O–H groups in total. The molecule has 0 bridgehead atoms. The van der Waals surface area contributed by atoms with E-state index in [0.717, 1.165) is 5.56 Å². The average Bonchev–Trinajstić information content (AvgIpc) is 2.91. The van der Waals surface area contributed by atoms with Crippen molar-refractivity contribution in [3.8, 4) is 6.07 Å². The summed E-state index contributed by atoms with van der Waals surface area (Å²) in [5.74, 6) is 0.0220. The van der Waals surface area contributed by atoms with Gasteiger partial charge in [0.2, 0.25) is 0 Å². The molecule has 0 fully saturated rings. The second-order valence-corrected chi connectivity index (χ2v) is 9.00. The minimum Gasteiger partial charge on any atom is -0.434 e. The van der Waals surface area contributed by atoms with Gasteiger partial charge in [-0.2, -0.15) is 10.4 Å². The highest BCUT2D eigenvalue weighted by Crippen LogP contribution is 2.36. The van der Waals surface area contributed by atoms with Crippen molar-refractivity contribution in [2.24, 2.45) is 13.0 Å². The maximum atomic E-state index is 12.3. The molecule has 0 spiro atoms. The van der Waals surface area contributed by atoms with Crippen LogP contribution in [0.2, 0.25) is 10.3 Å². The average molecular weight is 450 g/mol. The summed E-state index contributed by atoms with van der Waals surface area (Å²) in [5.41, 5.74) is 1.84. The number of carbonyl (C=O) groups excluding carboxylic acids is 1. The van der Waals surface area contributed by atoms with Crippen LogP contribution in [-0.2, 0) is 21.9 Å². The van der Waals surface area contributed by atoms with Crippen LogP contribution in [0.1, 0.15) is 51.3 Å². The Hall–Kier alpha value is -2.49. The quantitative estimate of drug-likeness (QED) is 0.307. The van der Waals surface area contributed by atoms with Gasteiger partial charge in [-0.1, -0.05) is 82.1 Å². The highest BCUT2D eigenvalue weighted by molar-refractivity contribution is 6.37. The van der Waals surface area contributed by atoms with Crippen molar-refractivity contribution in [2.75, 3.05) is 6.61 Å². The van der Waals surface area contributed by atoms with Gasteiger partial charge in [-0.15, -0.1) is 0 Å². The van der Waals surface area contributed by atoms with E-state index in [1.165, 1.54) is 4.68 Å². The summed E-state index contributed by atoms with van der Waals surface area (Å²) < 4.78 is 11.9. The van der Waals surface area contributed by atoms with Crippen LogP contribution < -0.4 is 0 Å². The number of rotatable bonds is 5. The second kappa shape index (κ2) is 9.55. The molecular formula is C22H25Cl2N3O3. The molecule has 0 atom stereocenters. The van der Waals surface area contributed by atoms with E-state index in [4.69, 9.17) is 32.7 Å². The van der Waals surface area contributed by atoms with E-state index in [-0.39, 0.29) is 45.1 Å². The molecule has 2 aromatic rings. The van der Waals surface area contributed by atoms with Gasteiger partial charge in [0.15, 0.2) is 10.9 Å². The zero-order valence-electron chi connectivity index (χ0n) is 17.9. The maximum absolute atomic E-state index is 12.3. The van der Waals surface area contributed by atoms with E-state index in [1.807, 2.05) is 26.0 Å². The Balaban J connectivity index is 2.61. The monoisotopic (exact) mass is 449 g/mol. The summed E-state index contributed by atoms with van der Waals surface area (Å²) >= 11 is 12.6. The van der Waals surface area contributed by atoms with Crippen LogP contribution in [-0.4, -0.2) is 22.5 Å². The van der Waals surface area contributed by atoms with Crippen LogP contribution in [0.5, 0.6) is 0 Å². The molecule has 6 nitrogen and oxygen atoms in total. The summed E-state index contributed by atoms with van der Waals surface area (Å²) in [5, 5.41) is 14.1. The molecule has 0 aliphatic rings. The lowest BCUT2D eigenvalue weighted by Crippen LogP contribution is -2.12. The highest BCUT2D eigenvalue weighted by atomic mass is 35.5. The minimum atomic E-state index is -0.950. The smallest absolute Gasteiger partial charge is 0.434 e. The lowest BCUT2D eigenvalue weighted by molar-refractivity contribution is 0.0807. The van der Waals surface area contributed by atoms with E-state index in [1.54, 1.807) is 19.2 Å². The van der Waals surface area contributed by atoms with Gasteiger partial charge in [0, 0.05) is 7.05 Å². The van der Waals surface area contributed by atoms with Crippen molar-refractivity contribution in [3.63, 3.8) is 0 Å². The number of hydrogen-bond donors (Lipinski definition) is 0. The van der Waals surface area contributed by atoms with E-state index >= 15 is 0 Å². The minimum absolute atomic E-state index is 0.00761. The van der Waals surface area contributed by atoms with Crippen LogP contribution >= 0.6 is 23.2 Å². The Kier molecular flexibility index (Phi) is 7.57. The number of aryl methyl sites for hydroxylation is 1. The van der Waals surface area contributed by atoms with Gasteiger partial charge in [-0.3, -0.25) is 4.68 Å². The Morgan fingerprint density at radius 1 is 1.23 bits per heavy atom.